The molecule has 2 amide bonds. The lowest BCUT2D eigenvalue weighted by Crippen LogP contribution is -2.44. The maximum absolute atomic E-state index is 12.9. The standard InChI is InChI=1S/C22H26BrN3O2/c23-20-9-4-10-21(18-20)24-22(27)26(13-12-25-14-16-28-17-15-25)11-5-8-19-6-2-1-3-7-19/h1-10,18H,11-17H2,(H,24,27)/b8-5+. The summed E-state index contributed by atoms with van der Waals surface area (Å²) in [5.74, 6) is 0. The van der Waals surface area contributed by atoms with E-state index in [1.54, 1.807) is 0 Å². The number of hydrogen-bond donors (Lipinski definition) is 1. The third-order valence-corrected chi connectivity index (χ3v) is 5.08. The molecule has 0 radical (unpaired) electrons. The molecule has 1 aliphatic rings. The highest BCUT2D eigenvalue weighted by atomic mass is 79.9. The van der Waals surface area contributed by atoms with Gasteiger partial charge < -0.3 is 15.0 Å². The van der Waals surface area contributed by atoms with Gasteiger partial charge in [-0.15, -0.1) is 0 Å². The molecule has 28 heavy (non-hydrogen) atoms. The molecular weight excluding hydrogens is 418 g/mol. The monoisotopic (exact) mass is 443 g/mol. The zero-order valence-corrected chi connectivity index (χ0v) is 17.5. The molecule has 148 valence electrons. The summed E-state index contributed by atoms with van der Waals surface area (Å²) in [6.45, 7) is 5.42. The molecule has 0 unspecified atom stereocenters. The zero-order chi connectivity index (χ0) is 19.6. The van der Waals surface area contributed by atoms with Crippen LogP contribution in [0.2, 0.25) is 0 Å². The number of urea groups is 1. The Hall–Kier alpha value is -2.15. The SMILES string of the molecule is O=C(Nc1cccc(Br)c1)N(C/C=C/c1ccccc1)CCN1CCOCC1. The molecule has 0 bridgehead atoms. The highest BCUT2D eigenvalue weighted by Gasteiger charge is 2.16. The topological polar surface area (TPSA) is 44.8 Å². The molecule has 3 rings (SSSR count). The molecule has 1 N–H and O–H groups in total. The van der Waals surface area contributed by atoms with Gasteiger partial charge in [-0.25, -0.2) is 4.79 Å². The van der Waals surface area contributed by atoms with Gasteiger partial charge in [0.1, 0.15) is 0 Å². The summed E-state index contributed by atoms with van der Waals surface area (Å²) >= 11 is 3.45. The van der Waals surface area contributed by atoms with Gasteiger partial charge in [0.15, 0.2) is 0 Å². The largest absolute Gasteiger partial charge is 0.379 e. The third kappa shape index (κ3) is 6.78. The first kappa shape index (κ1) is 20.6. The summed E-state index contributed by atoms with van der Waals surface area (Å²) in [5.41, 5.74) is 1.91. The number of benzene rings is 2. The number of anilines is 1. The number of carbonyl (C=O) groups excluding carboxylic acids is 1. The lowest BCUT2D eigenvalue weighted by atomic mass is 10.2. The van der Waals surface area contributed by atoms with Crippen molar-refractivity contribution in [3.63, 3.8) is 0 Å². The van der Waals surface area contributed by atoms with E-state index in [4.69, 9.17) is 4.74 Å². The first-order valence-corrected chi connectivity index (χ1v) is 10.3. The fourth-order valence-electron chi connectivity index (χ4n) is 3.01. The van der Waals surface area contributed by atoms with E-state index in [-0.39, 0.29) is 6.03 Å². The molecule has 1 aliphatic heterocycles. The average Bonchev–Trinajstić information content (AvgIpc) is 2.72. The highest BCUT2D eigenvalue weighted by Crippen LogP contribution is 2.16. The van der Waals surface area contributed by atoms with Crippen molar-refractivity contribution in [3.8, 4) is 0 Å². The fraction of sp³-hybridized carbons (Fsp3) is 0.318. The molecule has 1 saturated heterocycles. The van der Waals surface area contributed by atoms with Crippen LogP contribution >= 0.6 is 15.9 Å². The van der Waals surface area contributed by atoms with E-state index >= 15 is 0 Å². The molecule has 2 aromatic rings. The second-order valence-electron chi connectivity index (χ2n) is 6.65. The molecule has 1 heterocycles. The van der Waals surface area contributed by atoms with Gasteiger partial charge in [-0.05, 0) is 23.8 Å². The first-order chi connectivity index (χ1) is 13.7. The van der Waals surface area contributed by atoms with Gasteiger partial charge in [0.05, 0.1) is 13.2 Å². The Morgan fingerprint density at radius 3 is 2.68 bits per heavy atom. The van der Waals surface area contributed by atoms with E-state index in [1.165, 1.54) is 0 Å². The summed E-state index contributed by atoms with van der Waals surface area (Å²) < 4.78 is 6.35. The van der Waals surface area contributed by atoms with Crippen LogP contribution in [0.15, 0.2) is 65.1 Å². The predicted molar refractivity (Wildman–Crippen MR) is 117 cm³/mol. The molecule has 0 saturated carbocycles. The molecule has 0 aliphatic carbocycles. The predicted octanol–water partition coefficient (Wildman–Crippen LogP) is 4.33. The zero-order valence-electron chi connectivity index (χ0n) is 15.9. The average molecular weight is 444 g/mol. The lowest BCUT2D eigenvalue weighted by Gasteiger charge is -2.29. The van der Waals surface area contributed by atoms with E-state index in [9.17, 15) is 4.79 Å². The van der Waals surface area contributed by atoms with E-state index in [0.717, 1.165) is 48.6 Å². The van der Waals surface area contributed by atoms with Crippen LogP contribution < -0.4 is 5.32 Å². The van der Waals surface area contributed by atoms with Gasteiger partial charge in [-0.1, -0.05) is 64.5 Å². The van der Waals surface area contributed by atoms with Crippen molar-refractivity contribution in [2.75, 3.05) is 51.3 Å². The van der Waals surface area contributed by atoms with Crippen LogP contribution in [0.4, 0.5) is 10.5 Å². The van der Waals surface area contributed by atoms with Crippen LogP contribution in [-0.4, -0.2) is 61.8 Å². The molecule has 6 heteroatoms. The lowest BCUT2D eigenvalue weighted by molar-refractivity contribution is 0.0355. The van der Waals surface area contributed by atoms with E-state index in [1.807, 2.05) is 59.5 Å². The summed E-state index contributed by atoms with van der Waals surface area (Å²) in [7, 11) is 0. The number of amides is 2. The van der Waals surface area contributed by atoms with Gasteiger partial charge in [-0.2, -0.15) is 0 Å². The summed E-state index contributed by atoms with van der Waals surface area (Å²) in [5, 5.41) is 3.00. The smallest absolute Gasteiger partial charge is 0.322 e. The Labute approximate surface area is 175 Å². The number of hydrogen-bond acceptors (Lipinski definition) is 3. The van der Waals surface area contributed by atoms with Crippen molar-refractivity contribution in [1.82, 2.24) is 9.80 Å². The van der Waals surface area contributed by atoms with E-state index in [2.05, 4.69) is 38.3 Å². The Kier molecular flexibility index (Phi) is 8.08. The van der Waals surface area contributed by atoms with Crippen LogP contribution in [0.3, 0.4) is 0 Å². The third-order valence-electron chi connectivity index (χ3n) is 4.59. The molecule has 0 atom stereocenters. The quantitative estimate of drug-likeness (QED) is 0.692. The molecule has 5 nitrogen and oxygen atoms in total. The Balaban J connectivity index is 1.61. The summed E-state index contributed by atoms with van der Waals surface area (Å²) in [6, 6.07) is 17.7. The van der Waals surface area contributed by atoms with Crippen molar-refractivity contribution in [1.29, 1.82) is 0 Å². The van der Waals surface area contributed by atoms with Gasteiger partial charge >= 0.3 is 6.03 Å². The molecule has 0 spiro atoms. The number of ether oxygens (including phenoxy) is 1. The van der Waals surface area contributed by atoms with Gasteiger partial charge in [0.2, 0.25) is 0 Å². The second-order valence-corrected chi connectivity index (χ2v) is 7.57. The van der Waals surface area contributed by atoms with Crippen molar-refractivity contribution < 1.29 is 9.53 Å². The van der Waals surface area contributed by atoms with Crippen LogP contribution in [0.5, 0.6) is 0 Å². The first-order valence-electron chi connectivity index (χ1n) is 9.54. The molecule has 1 fully saturated rings. The summed E-state index contributed by atoms with van der Waals surface area (Å²) in [4.78, 5) is 17.0. The minimum absolute atomic E-state index is 0.0935. The molecule has 0 aromatic heterocycles. The number of rotatable bonds is 7. The van der Waals surface area contributed by atoms with Crippen molar-refractivity contribution in [2.24, 2.45) is 0 Å². The van der Waals surface area contributed by atoms with Gasteiger partial charge in [0, 0.05) is 42.9 Å². The van der Waals surface area contributed by atoms with Crippen molar-refractivity contribution in [2.45, 2.75) is 0 Å². The maximum Gasteiger partial charge on any atom is 0.322 e. The van der Waals surface area contributed by atoms with Gasteiger partial charge in [0.25, 0.3) is 0 Å². The number of morpholine rings is 1. The molecular formula is C22H26BrN3O2. The highest BCUT2D eigenvalue weighted by molar-refractivity contribution is 9.10. The maximum atomic E-state index is 12.9. The van der Waals surface area contributed by atoms with E-state index in [0.29, 0.717) is 13.1 Å². The van der Waals surface area contributed by atoms with Crippen LogP contribution in [0, 0.1) is 0 Å². The second kappa shape index (κ2) is 11.0. The number of carbonyl (C=O) groups is 1. The molecule has 2 aromatic carbocycles. The Morgan fingerprint density at radius 2 is 1.93 bits per heavy atom. The normalized spacial score (nSPS) is 14.9. The van der Waals surface area contributed by atoms with E-state index < -0.39 is 0 Å². The van der Waals surface area contributed by atoms with Crippen LogP contribution in [0.1, 0.15) is 5.56 Å². The summed E-state index contributed by atoms with van der Waals surface area (Å²) in [6.07, 6.45) is 4.09. The van der Waals surface area contributed by atoms with Crippen LogP contribution in [-0.2, 0) is 4.74 Å². The Morgan fingerprint density at radius 1 is 1.14 bits per heavy atom. The van der Waals surface area contributed by atoms with Crippen LogP contribution in [0.25, 0.3) is 6.08 Å². The van der Waals surface area contributed by atoms with Gasteiger partial charge in [-0.3, -0.25) is 4.90 Å². The number of halogens is 1. The van der Waals surface area contributed by atoms with Crippen molar-refractivity contribution in [3.05, 3.63) is 70.7 Å². The minimum atomic E-state index is -0.0935. The number of nitrogens with one attached hydrogen (secondary N) is 1. The Bertz CT molecular complexity index is 776. The van der Waals surface area contributed by atoms with Crippen molar-refractivity contribution >= 4 is 33.7 Å². The minimum Gasteiger partial charge on any atom is -0.379 e. The fourth-order valence-corrected chi connectivity index (χ4v) is 3.41. The number of nitrogens with zero attached hydrogens (tertiary/aromatic N) is 2.